The SMILES string of the molecule is CN1O[C@@]2(C[C@@H](C3CCOC(C)(C)C3)Oc3ccc(-c4cccc(C#N)c4)cc32)N=C1N. The Morgan fingerprint density at radius 2 is 1.97 bits per heavy atom. The summed E-state index contributed by atoms with van der Waals surface area (Å²) in [4.78, 5) is 11.1. The normalized spacial score (nSPS) is 28.6. The molecule has 3 aliphatic rings. The average molecular weight is 433 g/mol. The fourth-order valence-electron chi connectivity index (χ4n) is 5.07. The van der Waals surface area contributed by atoms with Gasteiger partial charge >= 0.3 is 0 Å². The number of nitriles is 1. The molecule has 166 valence electrons. The van der Waals surface area contributed by atoms with Crippen molar-refractivity contribution < 1.29 is 14.3 Å². The first-order valence-electron chi connectivity index (χ1n) is 11.0. The van der Waals surface area contributed by atoms with Crippen molar-refractivity contribution in [2.24, 2.45) is 16.6 Å². The third-order valence-electron chi connectivity index (χ3n) is 6.65. The Hall–Kier alpha value is -3.08. The quantitative estimate of drug-likeness (QED) is 0.773. The topological polar surface area (TPSA) is 93.1 Å². The zero-order valence-electron chi connectivity index (χ0n) is 18.7. The molecule has 2 aromatic rings. The number of nitrogens with zero attached hydrogens (tertiary/aromatic N) is 3. The van der Waals surface area contributed by atoms with Crippen molar-refractivity contribution in [2.45, 2.75) is 50.5 Å². The molecular formula is C25H28N4O3. The molecule has 5 rings (SSSR count). The van der Waals surface area contributed by atoms with E-state index in [0.29, 0.717) is 23.9 Å². The number of guanidine groups is 1. The monoisotopic (exact) mass is 432 g/mol. The van der Waals surface area contributed by atoms with E-state index in [9.17, 15) is 5.26 Å². The Balaban J connectivity index is 1.56. The molecule has 7 nitrogen and oxygen atoms in total. The van der Waals surface area contributed by atoms with E-state index in [4.69, 9.17) is 25.0 Å². The smallest absolute Gasteiger partial charge is 0.221 e. The molecule has 0 radical (unpaired) electrons. The van der Waals surface area contributed by atoms with E-state index in [1.54, 1.807) is 13.1 Å². The Labute approximate surface area is 188 Å². The Bertz CT molecular complexity index is 1120. The third-order valence-corrected chi connectivity index (χ3v) is 6.65. The maximum absolute atomic E-state index is 9.28. The molecule has 1 saturated heterocycles. The molecule has 0 aliphatic carbocycles. The van der Waals surface area contributed by atoms with Crippen molar-refractivity contribution in [1.82, 2.24) is 5.06 Å². The first-order chi connectivity index (χ1) is 15.3. The minimum Gasteiger partial charge on any atom is -0.489 e. The molecule has 3 atom stereocenters. The molecular weight excluding hydrogens is 404 g/mol. The Kier molecular flexibility index (Phi) is 4.88. The van der Waals surface area contributed by atoms with Crippen LogP contribution in [0.3, 0.4) is 0 Å². The Morgan fingerprint density at radius 3 is 2.69 bits per heavy atom. The molecule has 1 spiro atoms. The summed E-state index contributed by atoms with van der Waals surface area (Å²) in [5.41, 5.74) is 8.45. The summed E-state index contributed by atoms with van der Waals surface area (Å²) in [5, 5.41) is 10.8. The first-order valence-corrected chi connectivity index (χ1v) is 11.0. The first kappa shape index (κ1) is 20.8. The summed E-state index contributed by atoms with van der Waals surface area (Å²) in [6, 6.07) is 15.8. The minimum atomic E-state index is -0.928. The molecule has 0 amide bonds. The van der Waals surface area contributed by atoms with E-state index >= 15 is 0 Å². The molecule has 0 aromatic heterocycles. The highest BCUT2D eigenvalue weighted by molar-refractivity contribution is 5.79. The summed E-state index contributed by atoms with van der Waals surface area (Å²) in [7, 11) is 1.77. The number of rotatable bonds is 2. The molecule has 3 aliphatic heterocycles. The number of benzene rings is 2. The van der Waals surface area contributed by atoms with Crippen LogP contribution in [0.5, 0.6) is 5.75 Å². The van der Waals surface area contributed by atoms with Crippen molar-refractivity contribution in [3.05, 3.63) is 53.6 Å². The fourth-order valence-corrected chi connectivity index (χ4v) is 5.07. The van der Waals surface area contributed by atoms with Crippen molar-refractivity contribution in [3.8, 4) is 22.9 Å². The Morgan fingerprint density at radius 1 is 1.16 bits per heavy atom. The summed E-state index contributed by atoms with van der Waals surface area (Å²) in [6.07, 6.45) is 2.37. The van der Waals surface area contributed by atoms with E-state index < -0.39 is 5.72 Å². The molecule has 1 unspecified atom stereocenters. The van der Waals surface area contributed by atoms with Gasteiger partial charge in [-0.05, 0) is 62.1 Å². The van der Waals surface area contributed by atoms with Crippen LogP contribution >= 0.6 is 0 Å². The van der Waals surface area contributed by atoms with Gasteiger partial charge in [0.15, 0.2) is 0 Å². The number of nitrogens with two attached hydrogens (primary N) is 1. The second-order valence-electron chi connectivity index (χ2n) is 9.47. The van der Waals surface area contributed by atoms with Gasteiger partial charge in [0.25, 0.3) is 0 Å². The lowest BCUT2D eigenvalue weighted by Gasteiger charge is -2.44. The number of fused-ring (bicyclic) bond motifs is 2. The highest BCUT2D eigenvalue weighted by Crippen LogP contribution is 2.49. The van der Waals surface area contributed by atoms with E-state index in [0.717, 1.165) is 41.9 Å². The molecule has 2 aromatic carbocycles. The number of aliphatic imine (C=N–C) groups is 1. The van der Waals surface area contributed by atoms with Crippen LogP contribution in [0, 0.1) is 17.2 Å². The molecule has 0 bridgehead atoms. The second kappa shape index (κ2) is 7.51. The fraction of sp³-hybridized carbons (Fsp3) is 0.440. The largest absolute Gasteiger partial charge is 0.489 e. The second-order valence-corrected chi connectivity index (χ2v) is 9.47. The third kappa shape index (κ3) is 3.60. The van der Waals surface area contributed by atoms with E-state index in [2.05, 4.69) is 19.9 Å². The van der Waals surface area contributed by atoms with Gasteiger partial charge in [-0.15, -0.1) is 0 Å². The lowest BCUT2D eigenvalue weighted by molar-refractivity contribution is -0.198. The molecule has 1 fully saturated rings. The van der Waals surface area contributed by atoms with Crippen molar-refractivity contribution in [2.75, 3.05) is 13.7 Å². The minimum absolute atomic E-state index is 0.0542. The van der Waals surface area contributed by atoms with Gasteiger partial charge in [0, 0.05) is 26.0 Å². The van der Waals surface area contributed by atoms with E-state index in [1.807, 2.05) is 36.4 Å². The predicted molar refractivity (Wildman–Crippen MR) is 121 cm³/mol. The highest BCUT2D eigenvalue weighted by Gasteiger charge is 2.51. The molecule has 7 heteroatoms. The zero-order chi connectivity index (χ0) is 22.5. The van der Waals surface area contributed by atoms with Gasteiger partial charge in [0.1, 0.15) is 11.9 Å². The van der Waals surface area contributed by atoms with Crippen LogP contribution in [0.1, 0.15) is 44.2 Å². The molecule has 0 saturated carbocycles. The van der Waals surface area contributed by atoms with Crippen molar-refractivity contribution in [1.29, 1.82) is 5.26 Å². The average Bonchev–Trinajstić information content (AvgIpc) is 3.06. The maximum Gasteiger partial charge on any atom is 0.221 e. The summed E-state index contributed by atoms with van der Waals surface area (Å²) >= 11 is 0. The number of hydroxylamine groups is 2. The summed E-state index contributed by atoms with van der Waals surface area (Å²) < 4.78 is 12.5. The van der Waals surface area contributed by atoms with Crippen molar-refractivity contribution >= 4 is 5.96 Å². The van der Waals surface area contributed by atoms with Crippen LogP contribution in [0.15, 0.2) is 47.5 Å². The van der Waals surface area contributed by atoms with Gasteiger partial charge in [0.2, 0.25) is 11.7 Å². The van der Waals surface area contributed by atoms with Gasteiger partial charge in [-0.3, -0.25) is 0 Å². The van der Waals surface area contributed by atoms with Gasteiger partial charge in [-0.2, -0.15) is 5.26 Å². The molecule has 32 heavy (non-hydrogen) atoms. The van der Waals surface area contributed by atoms with Crippen LogP contribution in [-0.2, 0) is 15.3 Å². The van der Waals surface area contributed by atoms with Crippen LogP contribution in [0.4, 0.5) is 0 Å². The van der Waals surface area contributed by atoms with Crippen LogP contribution < -0.4 is 10.5 Å². The summed E-state index contributed by atoms with van der Waals surface area (Å²) in [5.74, 6) is 1.44. The van der Waals surface area contributed by atoms with E-state index in [-0.39, 0.29) is 11.7 Å². The van der Waals surface area contributed by atoms with Crippen molar-refractivity contribution in [3.63, 3.8) is 0 Å². The summed E-state index contributed by atoms with van der Waals surface area (Å²) in [6.45, 7) is 4.98. The van der Waals surface area contributed by atoms with Crippen LogP contribution in [0.2, 0.25) is 0 Å². The van der Waals surface area contributed by atoms with E-state index in [1.165, 1.54) is 5.06 Å². The standard InChI is InChI=1S/C25H28N4O3/c1-24(2)13-19(9-10-30-24)22-14-25(28-23(27)29(3)32-25)20-12-18(7-8-21(20)31-22)17-6-4-5-16(11-17)15-26/h4-8,11-12,19,22H,9-10,13-14H2,1-3H3,(H2,27,28)/t19?,22-,25+/m0/s1. The lowest BCUT2D eigenvalue weighted by Crippen LogP contribution is -2.46. The molecule has 3 heterocycles. The number of hydrogen-bond acceptors (Lipinski definition) is 7. The predicted octanol–water partition coefficient (Wildman–Crippen LogP) is 3.93. The number of hydrogen-bond donors (Lipinski definition) is 1. The van der Waals surface area contributed by atoms with Gasteiger partial charge in [-0.1, -0.05) is 18.2 Å². The van der Waals surface area contributed by atoms with Crippen LogP contribution in [0.25, 0.3) is 11.1 Å². The van der Waals surface area contributed by atoms with Crippen LogP contribution in [-0.4, -0.2) is 36.4 Å². The number of ether oxygens (including phenoxy) is 2. The molecule has 2 N–H and O–H groups in total. The maximum atomic E-state index is 9.28. The zero-order valence-corrected chi connectivity index (χ0v) is 18.7. The van der Waals surface area contributed by atoms with Gasteiger partial charge in [0.05, 0.1) is 22.8 Å². The van der Waals surface area contributed by atoms with Gasteiger partial charge in [-0.25, -0.2) is 14.9 Å². The van der Waals surface area contributed by atoms with Gasteiger partial charge < -0.3 is 15.2 Å². The lowest BCUT2D eigenvalue weighted by atomic mass is 9.79. The highest BCUT2D eigenvalue weighted by atomic mass is 16.7.